The lowest BCUT2D eigenvalue weighted by atomic mass is 10.2. The predicted molar refractivity (Wildman–Crippen MR) is 90.9 cm³/mol. The van der Waals surface area contributed by atoms with Crippen LogP contribution in [-0.2, 0) is 19.5 Å². The minimum atomic E-state index is -4.02. The molecule has 0 saturated carbocycles. The van der Waals surface area contributed by atoms with Crippen molar-refractivity contribution >= 4 is 21.4 Å². The number of morpholine rings is 1. The molecule has 0 bridgehead atoms. The van der Waals surface area contributed by atoms with Crippen molar-refractivity contribution in [3.05, 3.63) is 28.3 Å². The van der Waals surface area contributed by atoms with Gasteiger partial charge in [-0.05, 0) is 12.1 Å². The van der Waals surface area contributed by atoms with Crippen LogP contribution in [0, 0.1) is 10.1 Å². The molecule has 1 aromatic carbocycles. The number of nitro groups is 1. The molecule has 0 spiro atoms. The van der Waals surface area contributed by atoms with Crippen LogP contribution in [0.1, 0.15) is 0 Å². The molecule has 1 saturated heterocycles. The summed E-state index contributed by atoms with van der Waals surface area (Å²) in [5.74, 6) is 0. The molecule has 0 radical (unpaired) electrons. The SMILES string of the molecule is COCCN1CCOC(N(C)c2ccc(S(N)(=O)=O)cc2[N+](=O)[O-])C1. The molecule has 1 aliphatic rings. The van der Waals surface area contributed by atoms with Crippen molar-refractivity contribution < 1.29 is 22.8 Å². The van der Waals surface area contributed by atoms with Crippen LogP contribution >= 0.6 is 0 Å². The highest BCUT2D eigenvalue weighted by Crippen LogP contribution is 2.31. The van der Waals surface area contributed by atoms with Gasteiger partial charge < -0.3 is 14.4 Å². The maximum Gasteiger partial charge on any atom is 0.293 e. The molecule has 0 aliphatic carbocycles. The van der Waals surface area contributed by atoms with E-state index >= 15 is 0 Å². The lowest BCUT2D eigenvalue weighted by Crippen LogP contribution is -2.50. The Kier molecular flexibility index (Phi) is 6.30. The molecule has 0 aromatic heterocycles. The molecule has 1 aromatic rings. The third-order valence-corrected chi connectivity index (χ3v) is 4.94. The van der Waals surface area contributed by atoms with Gasteiger partial charge in [0, 0.05) is 39.9 Å². The molecule has 1 atom stereocenters. The molecule has 1 heterocycles. The van der Waals surface area contributed by atoms with E-state index in [1.165, 1.54) is 12.1 Å². The summed E-state index contributed by atoms with van der Waals surface area (Å²) in [7, 11) is -0.726. The van der Waals surface area contributed by atoms with Crippen LogP contribution in [-0.4, -0.2) is 71.5 Å². The fourth-order valence-electron chi connectivity index (χ4n) is 2.62. The number of sulfonamides is 1. The van der Waals surface area contributed by atoms with E-state index in [1.54, 1.807) is 19.1 Å². The van der Waals surface area contributed by atoms with Crippen LogP contribution in [0.5, 0.6) is 0 Å². The van der Waals surface area contributed by atoms with E-state index < -0.39 is 21.2 Å². The second kappa shape index (κ2) is 8.06. The Bertz CT molecular complexity index is 726. The number of likely N-dealkylation sites (N-methyl/N-ethyl adjacent to an activating group) is 1. The Labute approximate surface area is 146 Å². The summed E-state index contributed by atoms with van der Waals surface area (Å²) in [6.07, 6.45) is -0.398. The fourth-order valence-corrected chi connectivity index (χ4v) is 3.15. The lowest BCUT2D eigenvalue weighted by Gasteiger charge is -2.38. The van der Waals surface area contributed by atoms with Gasteiger partial charge in [0.1, 0.15) is 11.9 Å². The van der Waals surface area contributed by atoms with Crippen molar-refractivity contribution in [2.24, 2.45) is 5.14 Å². The number of hydrogen-bond acceptors (Lipinski definition) is 8. The normalized spacial score (nSPS) is 18.9. The number of methoxy groups -OCH3 is 1. The molecule has 1 fully saturated rings. The first kappa shape index (κ1) is 19.5. The topological polar surface area (TPSA) is 128 Å². The third-order valence-electron chi connectivity index (χ3n) is 4.03. The van der Waals surface area contributed by atoms with Crippen LogP contribution in [0.3, 0.4) is 0 Å². The quantitative estimate of drug-likeness (QED) is 0.521. The molecule has 2 rings (SSSR count). The first-order chi connectivity index (χ1) is 11.7. The zero-order chi connectivity index (χ0) is 18.6. The maximum atomic E-state index is 11.4. The van der Waals surface area contributed by atoms with Gasteiger partial charge in [0.2, 0.25) is 10.0 Å². The summed E-state index contributed by atoms with van der Waals surface area (Å²) in [5.41, 5.74) is -0.0809. The summed E-state index contributed by atoms with van der Waals surface area (Å²) in [6.45, 7) is 3.10. The summed E-state index contributed by atoms with van der Waals surface area (Å²) in [4.78, 5) is 14.2. The lowest BCUT2D eigenvalue weighted by molar-refractivity contribution is -0.384. The van der Waals surface area contributed by atoms with Crippen molar-refractivity contribution in [3.63, 3.8) is 0 Å². The van der Waals surface area contributed by atoms with Gasteiger partial charge in [0.25, 0.3) is 5.69 Å². The van der Waals surface area contributed by atoms with E-state index in [0.29, 0.717) is 19.8 Å². The van der Waals surface area contributed by atoms with Gasteiger partial charge in [-0.3, -0.25) is 15.0 Å². The predicted octanol–water partition coefficient (Wildman–Crippen LogP) is -0.0169. The van der Waals surface area contributed by atoms with E-state index in [4.69, 9.17) is 14.6 Å². The minimum absolute atomic E-state index is 0.260. The van der Waals surface area contributed by atoms with E-state index in [2.05, 4.69) is 4.90 Å². The summed E-state index contributed by atoms with van der Waals surface area (Å²) in [5, 5.41) is 16.4. The summed E-state index contributed by atoms with van der Waals surface area (Å²) >= 11 is 0. The number of anilines is 1. The van der Waals surface area contributed by atoms with Gasteiger partial charge in [0.05, 0.1) is 23.0 Å². The fraction of sp³-hybridized carbons (Fsp3) is 0.571. The van der Waals surface area contributed by atoms with Gasteiger partial charge in [-0.2, -0.15) is 0 Å². The van der Waals surface area contributed by atoms with Gasteiger partial charge in [-0.15, -0.1) is 0 Å². The van der Waals surface area contributed by atoms with Crippen LogP contribution < -0.4 is 10.0 Å². The number of nitro benzene ring substituents is 1. The number of benzene rings is 1. The number of hydrogen-bond donors (Lipinski definition) is 1. The van der Waals surface area contributed by atoms with Crippen molar-refractivity contribution in [1.29, 1.82) is 0 Å². The molecule has 2 N–H and O–H groups in total. The first-order valence-corrected chi connectivity index (χ1v) is 9.15. The average Bonchev–Trinajstić information content (AvgIpc) is 2.58. The van der Waals surface area contributed by atoms with Crippen molar-refractivity contribution in [2.45, 2.75) is 11.1 Å². The first-order valence-electron chi connectivity index (χ1n) is 7.61. The van der Waals surface area contributed by atoms with E-state index in [0.717, 1.165) is 19.2 Å². The zero-order valence-electron chi connectivity index (χ0n) is 14.1. The molecule has 11 heteroatoms. The Morgan fingerprint density at radius 1 is 1.52 bits per heavy atom. The molecular formula is C14H22N4O6S. The van der Waals surface area contributed by atoms with Crippen LogP contribution in [0.25, 0.3) is 0 Å². The number of rotatable bonds is 7. The number of primary sulfonamides is 1. The van der Waals surface area contributed by atoms with Gasteiger partial charge in [-0.1, -0.05) is 0 Å². The highest BCUT2D eigenvalue weighted by molar-refractivity contribution is 7.89. The minimum Gasteiger partial charge on any atom is -0.383 e. The van der Waals surface area contributed by atoms with Crippen LogP contribution in [0.15, 0.2) is 23.1 Å². The van der Waals surface area contributed by atoms with Crippen LogP contribution in [0.4, 0.5) is 11.4 Å². The smallest absolute Gasteiger partial charge is 0.293 e. The number of ether oxygens (including phenoxy) is 2. The van der Waals surface area contributed by atoms with E-state index in [-0.39, 0.29) is 16.3 Å². The Morgan fingerprint density at radius 2 is 2.24 bits per heavy atom. The molecule has 0 amide bonds. The largest absolute Gasteiger partial charge is 0.383 e. The van der Waals surface area contributed by atoms with Crippen LogP contribution in [0.2, 0.25) is 0 Å². The monoisotopic (exact) mass is 374 g/mol. The summed E-state index contributed by atoms with van der Waals surface area (Å²) < 4.78 is 33.6. The highest BCUT2D eigenvalue weighted by atomic mass is 32.2. The Morgan fingerprint density at radius 3 is 2.84 bits per heavy atom. The Hall–Kier alpha value is -1.79. The van der Waals surface area contributed by atoms with Gasteiger partial charge in [-0.25, -0.2) is 13.6 Å². The van der Waals surface area contributed by atoms with Crippen molar-refractivity contribution in [2.75, 3.05) is 51.9 Å². The average molecular weight is 374 g/mol. The second-order valence-electron chi connectivity index (χ2n) is 5.68. The number of nitrogens with zero attached hydrogens (tertiary/aromatic N) is 3. The van der Waals surface area contributed by atoms with E-state index in [1.807, 2.05) is 0 Å². The molecule has 10 nitrogen and oxygen atoms in total. The Balaban J connectivity index is 2.26. The maximum absolute atomic E-state index is 11.4. The van der Waals surface area contributed by atoms with E-state index in [9.17, 15) is 18.5 Å². The molecule has 1 unspecified atom stereocenters. The molecule has 25 heavy (non-hydrogen) atoms. The number of nitrogens with two attached hydrogens (primary N) is 1. The highest BCUT2D eigenvalue weighted by Gasteiger charge is 2.29. The van der Waals surface area contributed by atoms with Crippen molar-refractivity contribution in [1.82, 2.24) is 4.90 Å². The van der Waals surface area contributed by atoms with Gasteiger partial charge >= 0.3 is 0 Å². The van der Waals surface area contributed by atoms with Gasteiger partial charge in [0.15, 0.2) is 0 Å². The third kappa shape index (κ3) is 4.86. The molecule has 1 aliphatic heterocycles. The van der Waals surface area contributed by atoms with Crippen molar-refractivity contribution in [3.8, 4) is 0 Å². The standard InChI is InChI=1S/C14H22N4O6S/c1-16(14-10-17(5-7-23-2)6-8-24-14)12-4-3-11(25(15,21)22)9-13(12)18(19)20/h3-4,9,14H,5-8,10H2,1-2H3,(H2,15,21,22). The zero-order valence-corrected chi connectivity index (χ0v) is 14.9. The molecule has 140 valence electrons. The molecular weight excluding hydrogens is 352 g/mol. The second-order valence-corrected chi connectivity index (χ2v) is 7.24. The summed E-state index contributed by atoms with van der Waals surface area (Å²) in [6, 6.07) is 3.59.